The molecule has 1 atom stereocenters. The van der Waals surface area contributed by atoms with Crippen molar-refractivity contribution in [2.45, 2.75) is 19.8 Å². The van der Waals surface area contributed by atoms with Crippen LogP contribution in [0.1, 0.15) is 25.3 Å². The third-order valence-corrected chi connectivity index (χ3v) is 4.58. The largest absolute Gasteiger partial charge is 0.314 e. The Balaban J connectivity index is 2.12. The molecule has 19 heavy (non-hydrogen) atoms. The van der Waals surface area contributed by atoms with E-state index in [4.69, 9.17) is 23.2 Å². The second kappa shape index (κ2) is 6.94. The molecule has 1 N–H and O–H groups in total. The SMILES string of the molecule is CC(C)C(CN1CCNCC1)c1ccc(Cl)c(Cl)c1. The van der Waals surface area contributed by atoms with E-state index < -0.39 is 0 Å². The van der Waals surface area contributed by atoms with Gasteiger partial charge in [-0.3, -0.25) is 0 Å². The monoisotopic (exact) mass is 300 g/mol. The average molecular weight is 301 g/mol. The molecular formula is C15H22Cl2N2. The summed E-state index contributed by atoms with van der Waals surface area (Å²) in [5, 5.41) is 4.69. The van der Waals surface area contributed by atoms with Crippen LogP contribution in [-0.2, 0) is 0 Å². The Hall–Kier alpha value is -0.280. The highest BCUT2D eigenvalue weighted by Gasteiger charge is 2.21. The van der Waals surface area contributed by atoms with Crippen LogP contribution in [0.15, 0.2) is 18.2 Å². The highest BCUT2D eigenvalue weighted by atomic mass is 35.5. The smallest absolute Gasteiger partial charge is 0.0595 e. The van der Waals surface area contributed by atoms with Crippen LogP contribution in [0.4, 0.5) is 0 Å². The van der Waals surface area contributed by atoms with Gasteiger partial charge in [-0.2, -0.15) is 0 Å². The van der Waals surface area contributed by atoms with Gasteiger partial charge >= 0.3 is 0 Å². The Kier molecular flexibility index (Phi) is 5.52. The molecule has 1 heterocycles. The molecule has 0 aromatic heterocycles. The van der Waals surface area contributed by atoms with Gasteiger partial charge in [0.15, 0.2) is 0 Å². The van der Waals surface area contributed by atoms with Crippen molar-refractivity contribution >= 4 is 23.2 Å². The number of halogens is 2. The van der Waals surface area contributed by atoms with Gasteiger partial charge in [0.1, 0.15) is 0 Å². The van der Waals surface area contributed by atoms with E-state index in [1.165, 1.54) is 5.56 Å². The lowest BCUT2D eigenvalue weighted by molar-refractivity contribution is 0.212. The molecule has 0 amide bonds. The lowest BCUT2D eigenvalue weighted by Crippen LogP contribution is -2.45. The van der Waals surface area contributed by atoms with Crippen molar-refractivity contribution in [3.8, 4) is 0 Å². The zero-order valence-corrected chi connectivity index (χ0v) is 13.1. The minimum atomic E-state index is 0.507. The lowest BCUT2D eigenvalue weighted by Gasteiger charge is -2.33. The number of piperazine rings is 1. The van der Waals surface area contributed by atoms with E-state index >= 15 is 0 Å². The summed E-state index contributed by atoms with van der Waals surface area (Å²) >= 11 is 12.2. The Morgan fingerprint density at radius 2 is 1.84 bits per heavy atom. The van der Waals surface area contributed by atoms with Crippen LogP contribution in [0, 0.1) is 5.92 Å². The number of hydrogen-bond donors (Lipinski definition) is 1. The standard InChI is InChI=1S/C15H22Cl2N2/c1-11(2)13(10-19-7-5-18-6-8-19)12-3-4-14(16)15(17)9-12/h3-4,9,11,13,18H,5-8,10H2,1-2H3. The maximum Gasteiger partial charge on any atom is 0.0595 e. The van der Waals surface area contributed by atoms with E-state index in [9.17, 15) is 0 Å². The molecule has 1 unspecified atom stereocenters. The van der Waals surface area contributed by atoms with Crippen LogP contribution in [-0.4, -0.2) is 37.6 Å². The molecule has 1 aromatic carbocycles. The Morgan fingerprint density at radius 3 is 2.42 bits per heavy atom. The summed E-state index contributed by atoms with van der Waals surface area (Å²) in [6.45, 7) is 10.1. The molecule has 0 radical (unpaired) electrons. The third kappa shape index (κ3) is 4.09. The van der Waals surface area contributed by atoms with E-state index in [2.05, 4.69) is 30.1 Å². The molecule has 106 valence electrons. The van der Waals surface area contributed by atoms with Gasteiger partial charge in [0.05, 0.1) is 10.0 Å². The Bertz CT molecular complexity index is 415. The van der Waals surface area contributed by atoms with Crippen molar-refractivity contribution in [3.63, 3.8) is 0 Å². The lowest BCUT2D eigenvalue weighted by atomic mass is 9.88. The molecule has 0 aliphatic carbocycles. The number of hydrogen-bond acceptors (Lipinski definition) is 2. The van der Waals surface area contributed by atoms with Gasteiger partial charge < -0.3 is 10.2 Å². The first-order valence-electron chi connectivity index (χ1n) is 6.96. The van der Waals surface area contributed by atoms with E-state index in [0.717, 1.165) is 32.7 Å². The first-order chi connectivity index (χ1) is 9.08. The maximum atomic E-state index is 6.15. The van der Waals surface area contributed by atoms with Crippen LogP contribution in [0.2, 0.25) is 10.0 Å². The predicted molar refractivity (Wildman–Crippen MR) is 83.4 cm³/mol. The number of benzene rings is 1. The third-order valence-electron chi connectivity index (χ3n) is 3.84. The first-order valence-corrected chi connectivity index (χ1v) is 7.71. The fourth-order valence-electron chi connectivity index (χ4n) is 2.62. The highest BCUT2D eigenvalue weighted by Crippen LogP contribution is 2.31. The summed E-state index contributed by atoms with van der Waals surface area (Å²) in [6.07, 6.45) is 0. The Morgan fingerprint density at radius 1 is 1.16 bits per heavy atom. The molecule has 0 saturated carbocycles. The zero-order chi connectivity index (χ0) is 13.8. The molecule has 0 bridgehead atoms. The Labute approximate surface area is 126 Å². The molecule has 1 aliphatic rings. The molecule has 2 nitrogen and oxygen atoms in total. The van der Waals surface area contributed by atoms with E-state index in [1.54, 1.807) is 0 Å². The molecule has 1 aliphatic heterocycles. The van der Waals surface area contributed by atoms with Crippen molar-refractivity contribution in [3.05, 3.63) is 33.8 Å². The molecule has 1 aromatic rings. The average Bonchev–Trinajstić information content (AvgIpc) is 2.40. The number of rotatable bonds is 4. The van der Waals surface area contributed by atoms with Gasteiger partial charge in [0, 0.05) is 32.7 Å². The molecule has 4 heteroatoms. The van der Waals surface area contributed by atoms with Gasteiger partial charge in [-0.05, 0) is 29.5 Å². The molecule has 1 saturated heterocycles. The van der Waals surface area contributed by atoms with Crippen LogP contribution in [0.3, 0.4) is 0 Å². The van der Waals surface area contributed by atoms with Crippen molar-refractivity contribution in [1.29, 1.82) is 0 Å². The van der Waals surface area contributed by atoms with Gasteiger partial charge in [-0.1, -0.05) is 43.1 Å². The fourth-order valence-corrected chi connectivity index (χ4v) is 2.92. The van der Waals surface area contributed by atoms with Gasteiger partial charge in [0.2, 0.25) is 0 Å². The number of nitrogens with one attached hydrogen (secondary N) is 1. The van der Waals surface area contributed by atoms with Crippen LogP contribution in [0.5, 0.6) is 0 Å². The van der Waals surface area contributed by atoms with Crippen LogP contribution in [0.25, 0.3) is 0 Å². The van der Waals surface area contributed by atoms with E-state index in [-0.39, 0.29) is 0 Å². The topological polar surface area (TPSA) is 15.3 Å². The summed E-state index contributed by atoms with van der Waals surface area (Å²) < 4.78 is 0. The van der Waals surface area contributed by atoms with Gasteiger partial charge in [0.25, 0.3) is 0 Å². The maximum absolute atomic E-state index is 6.15. The van der Waals surface area contributed by atoms with Crippen molar-refractivity contribution in [2.24, 2.45) is 5.92 Å². The second-order valence-electron chi connectivity index (χ2n) is 5.57. The number of nitrogens with zero attached hydrogens (tertiary/aromatic N) is 1. The van der Waals surface area contributed by atoms with Crippen molar-refractivity contribution in [2.75, 3.05) is 32.7 Å². The van der Waals surface area contributed by atoms with Gasteiger partial charge in [-0.25, -0.2) is 0 Å². The molecule has 2 rings (SSSR count). The quantitative estimate of drug-likeness (QED) is 0.913. The fraction of sp³-hybridized carbons (Fsp3) is 0.600. The minimum absolute atomic E-state index is 0.507. The first kappa shape index (κ1) is 15.1. The van der Waals surface area contributed by atoms with Crippen LogP contribution >= 0.6 is 23.2 Å². The van der Waals surface area contributed by atoms with Crippen molar-refractivity contribution < 1.29 is 0 Å². The summed E-state index contributed by atoms with van der Waals surface area (Å²) in [6, 6.07) is 6.05. The van der Waals surface area contributed by atoms with Gasteiger partial charge in [-0.15, -0.1) is 0 Å². The van der Waals surface area contributed by atoms with E-state index in [1.807, 2.05) is 12.1 Å². The summed E-state index contributed by atoms with van der Waals surface area (Å²) in [4.78, 5) is 2.53. The normalized spacial score (nSPS) is 18.8. The van der Waals surface area contributed by atoms with Crippen molar-refractivity contribution in [1.82, 2.24) is 10.2 Å². The highest BCUT2D eigenvalue weighted by molar-refractivity contribution is 6.42. The summed E-state index contributed by atoms with van der Waals surface area (Å²) in [5.41, 5.74) is 1.29. The van der Waals surface area contributed by atoms with Crippen LogP contribution < -0.4 is 5.32 Å². The predicted octanol–water partition coefficient (Wildman–Crippen LogP) is 3.64. The summed E-state index contributed by atoms with van der Waals surface area (Å²) in [7, 11) is 0. The zero-order valence-electron chi connectivity index (χ0n) is 11.6. The second-order valence-corrected chi connectivity index (χ2v) is 6.39. The van der Waals surface area contributed by atoms with E-state index in [0.29, 0.717) is 21.9 Å². The molecule has 0 spiro atoms. The minimum Gasteiger partial charge on any atom is -0.314 e. The summed E-state index contributed by atoms with van der Waals surface area (Å²) in [5.74, 6) is 1.10. The molecular weight excluding hydrogens is 279 g/mol. The molecule has 1 fully saturated rings.